The molecule has 0 aliphatic heterocycles. The number of carbonyl (C=O) groups is 3. The Morgan fingerprint density at radius 1 is 0.615 bits per heavy atom. The quantitative estimate of drug-likeness (QED) is 0.273. The molecule has 5 N–H and O–H groups in total. The third kappa shape index (κ3) is 18.7. The molecule has 0 aliphatic rings. The first kappa shape index (κ1) is 26.6. The Hall–Kier alpha value is -1.67. The molecule has 0 aromatic rings. The lowest BCUT2D eigenvalue weighted by Gasteiger charge is -2.07. The predicted octanol–water partition coefficient (Wildman–Crippen LogP) is 2.65. The first-order valence-electron chi connectivity index (χ1n) is 9.27. The molecule has 0 spiro atoms. The fraction of sp³-hybridized carbons (Fsp3) is 0.833. The van der Waals surface area contributed by atoms with Gasteiger partial charge in [0.1, 0.15) is 0 Å². The largest absolute Gasteiger partial charge is 0.481 e. The number of unbranched alkanes of at least 4 members (excludes halogenated alkanes) is 10. The van der Waals surface area contributed by atoms with E-state index in [0.29, 0.717) is 6.42 Å². The van der Waals surface area contributed by atoms with Crippen LogP contribution in [0.15, 0.2) is 0 Å². The molecular weight excluding hydrogens is 344 g/mol. The van der Waals surface area contributed by atoms with Gasteiger partial charge in [0.25, 0.3) is 0 Å². The molecule has 8 nitrogen and oxygen atoms in total. The number of aliphatic carboxylic acids is 3. The van der Waals surface area contributed by atoms with Gasteiger partial charge in [-0.15, -0.1) is 0 Å². The molecule has 0 rings (SSSR count). The molecule has 0 saturated carbocycles. The summed E-state index contributed by atoms with van der Waals surface area (Å²) in [7, 11) is 0. The SMILES string of the molecule is CCCCCCCCCCCCCC(=O)O.O=C(O)C(O)C(O)C(=O)O. The van der Waals surface area contributed by atoms with Crippen molar-refractivity contribution in [2.24, 2.45) is 0 Å². The maximum atomic E-state index is 10.3. The van der Waals surface area contributed by atoms with Crippen LogP contribution in [0.25, 0.3) is 0 Å². The molecule has 0 amide bonds. The van der Waals surface area contributed by atoms with E-state index in [9.17, 15) is 14.4 Å². The van der Waals surface area contributed by atoms with Crippen molar-refractivity contribution in [3.8, 4) is 0 Å². The van der Waals surface area contributed by atoms with Gasteiger partial charge in [0, 0.05) is 6.42 Å². The minimum atomic E-state index is -2.27. The van der Waals surface area contributed by atoms with Crippen molar-refractivity contribution < 1.29 is 39.9 Å². The highest BCUT2D eigenvalue weighted by molar-refractivity contribution is 5.83. The zero-order valence-corrected chi connectivity index (χ0v) is 15.6. The van der Waals surface area contributed by atoms with Crippen molar-refractivity contribution in [2.45, 2.75) is 96.2 Å². The fourth-order valence-corrected chi connectivity index (χ4v) is 2.21. The summed E-state index contributed by atoms with van der Waals surface area (Å²) in [6, 6.07) is 0. The summed E-state index contributed by atoms with van der Waals surface area (Å²) in [5.74, 6) is -4.19. The van der Waals surface area contributed by atoms with Crippen molar-refractivity contribution in [2.75, 3.05) is 0 Å². The number of hydrogen-bond acceptors (Lipinski definition) is 5. The molecule has 154 valence electrons. The van der Waals surface area contributed by atoms with Crippen molar-refractivity contribution in [1.29, 1.82) is 0 Å². The van der Waals surface area contributed by atoms with Crippen LogP contribution in [0, 0.1) is 0 Å². The van der Waals surface area contributed by atoms with Gasteiger partial charge in [-0.2, -0.15) is 0 Å². The number of aliphatic hydroxyl groups excluding tert-OH is 2. The highest BCUT2D eigenvalue weighted by Gasteiger charge is 2.29. The van der Waals surface area contributed by atoms with Crippen LogP contribution in [0.5, 0.6) is 0 Å². The van der Waals surface area contributed by atoms with Crippen LogP contribution in [0.2, 0.25) is 0 Å². The zero-order chi connectivity index (χ0) is 20.4. The Balaban J connectivity index is 0. The van der Waals surface area contributed by atoms with E-state index < -0.39 is 30.1 Å². The number of carboxylic acid groups (broad SMARTS) is 3. The van der Waals surface area contributed by atoms with Gasteiger partial charge in [0.05, 0.1) is 0 Å². The molecule has 0 radical (unpaired) electrons. The van der Waals surface area contributed by atoms with Crippen molar-refractivity contribution in [3.05, 3.63) is 0 Å². The Morgan fingerprint density at radius 3 is 1.19 bits per heavy atom. The molecule has 0 saturated heterocycles. The summed E-state index contributed by atoms with van der Waals surface area (Å²) in [5, 5.41) is 41.0. The van der Waals surface area contributed by atoms with Gasteiger partial charge in [0.15, 0.2) is 12.2 Å². The number of carboxylic acids is 3. The van der Waals surface area contributed by atoms with Crippen molar-refractivity contribution in [1.82, 2.24) is 0 Å². The third-order valence-corrected chi connectivity index (χ3v) is 3.80. The van der Waals surface area contributed by atoms with Gasteiger partial charge in [-0.25, -0.2) is 9.59 Å². The lowest BCUT2D eigenvalue weighted by atomic mass is 10.1. The monoisotopic (exact) mass is 378 g/mol. The van der Waals surface area contributed by atoms with E-state index in [1.807, 2.05) is 0 Å². The van der Waals surface area contributed by atoms with E-state index in [1.54, 1.807) is 0 Å². The van der Waals surface area contributed by atoms with E-state index in [4.69, 9.17) is 25.5 Å². The van der Waals surface area contributed by atoms with Crippen LogP contribution in [-0.2, 0) is 14.4 Å². The Labute approximate surface area is 154 Å². The van der Waals surface area contributed by atoms with Crippen LogP contribution < -0.4 is 0 Å². The molecule has 0 fully saturated rings. The minimum absolute atomic E-state index is 0.344. The average molecular weight is 378 g/mol. The Kier molecular flexibility index (Phi) is 18.5. The van der Waals surface area contributed by atoms with E-state index >= 15 is 0 Å². The standard InChI is InChI=1S/C14H28O2.C4H6O6/c1-2-3-4-5-6-7-8-9-10-11-12-13-14(15)16;5-1(3(7)8)2(6)4(9)10/h2-13H2,1H3,(H,15,16);1-2,5-6H,(H,7,8)(H,9,10). The molecule has 0 heterocycles. The van der Waals surface area contributed by atoms with E-state index in [0.717, 1.165) is 12.8 Å². The zero-order valence-electron chi connectivity index (χ0n) is 15.6. The van der Waals surface area contributed by atoms with E-state index in [2.05, 4.69) is 6.92 Å². The third-order valence-electron chi connectivity index (χ3n) is 3.80. The van der Waals surface area contributed by atoms with E-state index in [-0.39, 0.29) is 0 Å². The summed E-state index contributed by atoms with van der Waals surface area (Å²) in [5.41, 5.74) is 0. The normalized spacial score (nSPS) is 12.6. The second kappa shape index (κ2) is 18.1. The number of rotatable bonds is 15. The van der Waals surface area contributed by atoms with Gasteiger partial charge in [0.2, 0.25) is 0 Å². The second-order valence-electron chi connectivity index (χ2n) is 6.25. The molecule has 0 bridgehead atoms. The molecule has 26 heavy (non-hydrogen) atoms. The maximum absolute atomic E-state index is 10.3. The number of aliphatic hydroxyl groups is 2. The number of hydrogen-bond donors (Lipinski definition) is 5. The van der Waals surface area contributed by atoms with Gasteiger partial charge in [-0.3, -0.25) is 4.79 Å². The Morgan fingerprint density at radius 2 is 0.923 bits per heavy atom. The lowest BCUT2D eigenvalue weighted by Crippen LogP contribution is -2.39. The van der Waals surface area contributed by atoms with Gasteiger partial charge < -0.3 is 25.5 Å². The highest BCUT2D eigenvalue weighted by Crippen LogP contribution is 2.11. The summed E-state index contributed by atoms with van der Waals surface area (Å²) in [6.07, 6.45) is 9.83. The van der Waals surface area contributed by atoms with Crippen LogP contribution in [0.1, 0.15) is 84.0 Å². The first-order valence-corrected chi connectivity index (χ1v) is 9.27. The fourth-order valence-electron chi connectivity index (χ4n) is 2.21. The average Bonchev–Trinajstić information content (AvgIpc) is 2.58. The summed E-state index contributed by atoms with van der Waals surface area (Å²) < 4.78 is 0. The molecule has 0 aromatic heterocycles. The smallest absolute Gasteiger partial charge is 0.335 e. The van der Waals surface area contributed by atoms with Crippen LogP contribution in [0.3, 0.4) is 0 Å². The first-order chi connectivity index (χ1) is 12.2. The van der Waals surface area contributed by atoms with Crippen molar-refractivity contribution >= 4 is 17.9 Å². The van der Waals surface area contributed by atoms with Gasteiger partial charge in [-0.1, -0.05) is 71.1 Å². The Bertz CT molecular complexity index is 365. The molecular formula is C18H34O8. The molecule has 8 heteroatoms. The van der Waals surface area contributed by atoms with Crippen LogP contribution in [0.4, 0.5) is 0 Å². The minimum Gasteiger partial charge on any atom is -0.481 e. The van der Waals surface area contributed by atoms with Gasteiger partial charge >= 0.3 is 17.9 Å². The van der Waals surface area contributed by atoms with Gasteiger partial charge in [-0.05, 0) is 6.42 Å². The lowest BCUT2D eigenvalue weighted by molar-refractivity contribution is -0.165. The maximum Gasteiger partial charge on any atom is 0.335 e. The van der Waals surface area contributed by atoms with Crippen LogP contribution in [-0.4, -0.2) is 55.6 Å². The molecule has 0 aliphatic carbocycles. The van der Waals surface area contributed by atoms with Crippen molar-refractivity contribution in [3.63, 3.8) is 0 Å². The molecule has 0 aromatic carbocycles. The summed E-state index contributed by atoms with van der Waals surface area (Å²) in [4.78, 5) is 29.8. The topological polar surface area (TPSA) is 152 Å². The molecule has 2 unspecified atom stereocenters. The highest BCUT2D eigenvalue weighted by atomic mass is 16.4. The van der Waals surface area contributed by atoms with Crippen LogP contribution >= 0.6 is 0 Å². The summed E-state index contributed by atoms with van der Waals surface area (Å²) >= 11 is 0. The van der Waals surface area contributed by atoms with E-state index in [1.165, 1.54) is 57.8 Å². The second-order valence-corrected chi connectivity index (χ2v) is 6.25. The predicted molar refractivity (Wildman–Crippen MR) is 96.0 cm³/mol. The molecule has 2 atom stereocenters. The summed E-state index contributed by atoms with van der Waals surface area (Å²) in [6.45, 7) is 2.25.